The summed E-state index contributed by atoms with van der Waals surface area (Å²) in [5, 5.41) is 14.6. The zero-order chi connectivity index (χ0) is 35.1. The summed E-state index contributed by atoms with van der Waals surface area (Å²) in [7, 11) is 1.56. The number of amides is 1. The van der Waals surface area contributed by atoms with Gasteiger partial charge in [0.1, 0.15) is 35.6 Å². The minimum atomic E-state index is -1.18. The monoisotopic (exact) mass is 687 g/mol. The summed E-state index contributed by atoms with van der Waals surface area (Å²) in [6.07, 6.45) is -2.21. The van der Waals surface area contributed by atoms with Gasteiger partial charge in [-0.3, -0.25) is 9.36 Å². The Morgan fingerprint density at radius 3 is 2.47 bits per heavy atom. The van der Waals surface area contributed by atoms with Gasteiger partial charge in [-0.1, -0.05) is 66.2 Å². The number of hydrogen-bond donors (Lipinski definition) is 2. The van der Waals surface area contributed by atoms with Gasteiger partial charge in [0.2, 0.25) is 0 Å². The highest BCUT2D eigenvalue weighted by Gasteiger charge is 2.50. The number of nitrogens with one attached hydrogen (secondary N) is 1. The van der Waals surface area contributed by atoms with E-state index < -0.39 is 41.7 Å². The maximum atomic E-state index is 13.8. The third-order valence-electron chi connectivity index (χ3n) is 9.68. The van der Waals surface area contributed by atoms with Crippen LogP contribution in [0.4, 0.5) is 5.82 Å². The molecule has 5 atom stereocenters. The van der Waals surface area contributed by atoms with Crippen LogP contribution in [0.25, 0.3) is 0 Å². The van der Waals surface area contributed by atoms with Crippen LogP contribution in [-0.2, 0) is 31.0 Å². The van der Waals surface area contributed by atoms with E-state index in [0.717, 1.165) is 27.8 Å². The molecule has 3 aliphatic heterocycles. The fourth-order valence-corrected chi connectivity index (χ4v) is 7.20. The number of carbonyl (C=O) groups is 1. The maximum Gasteiger partial charge on any atom is 0.351 e. The van der Waals surface area contributed by atoms with E-state index in [-0.39, 0.29) is 32.1 Å². The van der Waals surface area contributed by atoms with E-state index in [2.05, 4.69) is 16.4 Å². The molecule has 0 saturated carbocycles. The van der Waals surface area contributed by atoms with Crippen LogP contribution >= 0.6 is 0 Å². The molecule has 3 aliphatic rings. The molecular formula is C40H37N3O8. The molecule has 2 N–H and O–H groups in total. The van der Waals surface area contributed by atoms with Crippen LogP contribution in [0.2, 0.25) is 0 Å². The molecule has 4 aromatic carbocycles. The van der Waals surface area contributed by atoms with Gasteiger partial charge in [-0.2, -0.15) is 4.98 Å². The fraction of sp³-hybridized carbons (Fsp3) is 0.275. The number of benzene rings is 4. The first-order valence-corrected chi connectivity index (χ1v) is 16.9. The number of methoxy groups -OCH3 is 1. The van der Waals surface area contributed by atoms with Crippen LogP contribution in [0.15, 0.2) is 108 Å². The van der Waals surface area contributed by atoms with Crippen molar-refractivity contribution >= 4 is 11.7 Å². The van der Waals surface area contributed by atoms with Gasteiger partial charge in [-0.15, -0.1) is 0 Å². The number of aliphatic hydroxyl groups excluding tert-OH is 1. The third kappa shape index (κ3) is 5.92. The van der Waals surface area contributed by atoms with Crippen LogP contribution in [0, 0.1) is 6.92 Å². The van der Waals surface area contributed by atoms with Gasteiger partial charge in [0, 0.05) is 42.0 Å². The molecule has 0 radical (unpaired) electrons. The lowest BCUT2D eigenvalue weighted by Gasteiger charge is -2.41. The Balaban J connectivity index is 1.33. The highest BCUT2D eigenvalue weighted by Crippen LogP contribution is 2.53. The largest absolute Gasteiger partial charge is 0.457 e. The summed E-state index contributed by atoms with van der Waals surface area (Å²) in [4.78, 5) is 31.5. The van der Waals surface area contributed by atoms with Gasteiger partial charge in [0.05, 0.1) is 19.8 Å². The van der Waals surface area contributed by atoms with E-state index in [4.69, 9.17) is 23.7 Å². The highest BCUT2D eigenvalue weighted by molar-refractivity contribution is 6.04. The number of rotatable bonds is 7. The topological polar surface area (TPSA) is 130 Å². The van der Waals surface area contributed by atoms with Crippen LogP contribution in [-0.4, -0.2) is 65.8 Å². The molecule has 5 aromatic rings. The van der Waals surface area contributed by atoms with Crippen LogP contribution < -0.4 is 15.7 Å². The molecule has 8 rings (SSSR count). The summed E-state index contributed by atoms with van der Waals surface area (Å²) in [5.41, 5.74) is 3.42. The molecule has 0 spiro atoms. The van der Waals surface area contributed by atoms with Crippen molar-refractivity contribution in [3.05, 3.63) is 153 Å². The number of carbonyl (C=O) groups excluding carboxylic acids is 1. The molecule has 0 aliphatic carbocycles. The Labute approximate surface area is 294 Å². The van der Waals surface area contributed by atoms with E-state index in [1.54, 1.807) is 37.6 Å². The van der Waals surface area contributed by atoms with E-state index in [0.29, 0.717) is 22.6 Å². The molecule has 11 heteroatoms. The van der Waals surface area contributed by atoms with Crippen molar-refractivity contribution in [2.45, 2.75) is 43.5 Å². The summed E-state index contributed by atoms with van der Waals surface area (Å²) < 4.78 is 32.8. The predicted octanol–water partition coefficient (Wildman–Crippen LogP) is 5.11. The van der Waals surface area contributed by atoms with Gasteiger partial charge in [-0.25, -0.2) is 4.79 Å². The summed E-state index contributed by atoms with van der Waals surface area (Å²) in [5.74, 6) is 0.970. The minimum absolute atomic E-state index is 0.0615. The van der Waals surface area contributed by atoms with E-state index in [9.17, 15) is 14.7 Å². The van der Waals surface area contributed by atoms with Crippen molar-refractivity contribution < 1.29 is 33.6 Å². The number of aliphatic hydroxyl groups is 1. The summed E-state index contributed by atoms with van der Waals surface area (Å²) in [6, 6.07) is 30.5. The normalized spacial score (nSPS) is 23.2. The lowest BCUT2D eigenvalue weighted by atomic mass is 9.76. The van der Waals surface area contributed by atoms with Crippen molar-refractivity contribution in [1.82, 2.24) is 9.55 Å². The summed E-state index contributed by atoms with van der Waals surface area (Å²) in [6.45, 7) is 2.38. The van der Waals surface area contributed by atoms with Crippen molar-refractivity contribution in [2.24, 2.45) is 0 Å². The zero-order valence-corrected chi connectivity index (χ0v) is 28.2. The SMILES string of the molecule is COCCOC1C(O)C2COC3(c4ccccc4)c4cc(C)ccc4Oc4ccc(cc43)Cc3cn(c(=O)nc3NC(=O)c3ccccc3)C1O2. The average Bonchev–Trinajstić information content (AvgIpc) is 3.46. The van der Waals surface area contributed by atoms with Crippen molar-refractivity contribution in [3.8, 4) is 11.5 Å². The molecule has 5 unspecified atom stereocenters. The molecule has 1 saturated heterocycles. The van der Waals surface area contributed by atoms with Crippen molar-refractivity contribution in [2.75, 3.05) is 32.2 Å². The Morgan fingerprint density at radius 1 is 0.980 bits per heavy atom. The van der Waals surface area contributed by atoms with Gasteiger partial charge >= 0.3 is 5.69 Å². The second kappa shape index (κ2) is 13.5. The number of aryl methyl sites for hydroxylation is 1. The number of anilines is 1. The van der Waals surface area contributed by atoms with Crippen LogP contribution in [0.1, 0.15) is 50.0 Å². The molecule has 260 valence electrons. The first-order chi connectivity index (χ1) is 24.9. The Bertz CT molecular complexity index is 2140. The maximum absolute atomic E-state index is 13.8. The molecule has 1 fully saturated rings. The molecule has 11 nitrogen and oxygen atoms in total. The van der Waals surface area contributed by atoms with Crippen LogP contribution in [0.3, 0.4) is 0 Å². The van der Waals surface area contributed by atoms with Gasteiger partial charge < -0.3 is 34.1 Å². The minimum Gasteiger partial charge on any atom is -0.457 e. The Hall–Kier alpha value is -5.17. The molecule has 6 bridgehead atoms. The van der Waals surface area contributed by atoms with Crippen LogP contribution in [0.5, 0.6) is 11.5 Å². The van der Waals surface area contributed by atoms with E-state index >= 15 is 0 Å². The lowest BCUT2D eigenvalue weighted by molar-refractivity contribution is -0.101. The molecule has 4 heterocycles. The third-order valence-corrected chi connectivity index (χ3v) is 9.68. The van der Waals surface area contributed by atoms with E-state index in [1.807, 2.05) is 73.7 Å². The smallest absolute Gasteiger partial charge is 0.351 e. The van der Waals surface area contributed by atoms with Crippen molar-refractivity contribution in [3.63, 3.8) is 0 Å². The number of ether oxygens (including phenoxy) is 5. The quantitative estimate of drug-likeness (QED) is 0.224. The number of hydrogen-bond acceptors (Lipinski definition) is 9. The highest BCUT2D eigenvalue weighted by atomic mass is 16.6. The second-order valence-electron chi connectivity index (χ2n) is 13.0. The van der Waals surface area contributed by atoms with Gasteiger partial charge in [0.25, 0.3) is 5.91 Å². The molecule has 1 amide bonds. The Morgan fingerprint density at radius 2 is 1.71 bits per heavy atom. The lowest BCUT2D eigenvalue weighted by Crippen LogP contribution is -2.42. The van der Waals surface area contributed by atoms with Gasteiger partial charge in [-0.05, 0) is 54.4 Å². The summed E-state index contributed by atoms with van der Waals surface area (Å²) >= 11 is 0. The first kappa shape index (κ1) is 33.0. The molecular weight excluding hydrogens is 650 g/mol. The fourth-order valence-electron chi connectivity index (χ4n) is 7.20. The Kier molecular flexibility index (Phi) is 8.74. The number of aromatic nitrogens is 2. The molecule has 51 heavy (non-hydrogen) atoms. The second-order valence-corrected chi connectivity index (χ2v) is 13.0. The van der Waals surface area contributed by atoms with Crippen molar-refractivity contribution in [1.29, 1.82) is 0 Å². The van der Waals surface area contributed by atoms with Gasteiger partial charge in [0.15, 0.2) is 11.8 Å². The zero-order valence-electron chi connectivity index (χ0n) is 28.2. The number of fused-ring (bicyclic) bond motifs is 8. The average molecular weight is 688 g/mol. The standard InChI is InChI=1S/C40H37N3O8/c1-24-13-15-31-29(19-24)40(28-11-7-4-8-12-28)30-21-25(14-16-32(30)50-31)20-27-22-43(38-35(48-18-17-47-2)34(44)33(51-38)23-49-40)39(46)42-36(27)41-37(45)26-9-5-3-6-10-26/h3-16,19,21-22,33-35,38,44H,17-18,20,23H2,1-2H3,(H,41,42,45,46). The molecule has 1 aromatic heterocycles. The number of nitrogens with zero attached hydrogens (tertiary/aromatic N) is 2. The van der Waals surface area contributed by atoms with E-state index in [1.165, 1.54) is 4.57 Å². The predicted molar refractivity (Wildman–Crippen MR) is 187 cm³/mol. The first-order valence-electron chi connectivity index (χ1n) is 16.9.